The highest BCUT2D eigenvalue weighted by Crippen LogP contribution is 2.09. The molecule has 142 valence electrons. The van der Waals surface area contributed by atoms with Crippen molar-refractivity contribution in [2.75, 3.05) is 6.61 Å². The minimum atomic E-state index is -0.308. The lowest BCUT2D eigenvalue weighted by Crippen LogP contribution is -2.24. The van der Waals surface area contributed by atoms with E-state index in [1.807, 2.05) is 6.92 Å². The summed E-state index contributed by atoms with van der Waals surface area (Å²) in [6.45, 7) is 6.47. The van der Waals surface area contributed by atoms with E-state index in [0.717, 1.165) is 25.7 Å². The van der Waals surface area contributed by atoms with Crippen molar-refractivity contribution in [2.45, 2.75) is 110 Å². The molecule has 0 aliphatic heterocycles. The van der Waals surface area contributed by atoms with Crippen molar-refractivity contribution in [1.82, 2.24) is 0 Å². The number of ether oxygens (including phenoxy) is 2. The maximum Gasteiger partial charge on any atom is 0.306 e. The van der Waals surface area contributed by atoms with Crippen LogP contribution in [0.3, 0.4) is 0 Å². The first-order valence-corrected chi connectivity index (χ1v) is 9.99. The van der Waals surface area contributed by atoms with E-state index in [-0.39, 0.29) is 24.6 Å². The topological polar surface area (TPSA) is 52.6 Å². The quantitative estimate of drug-likeness (QED) is 0.272. The van der Waals surface area contributed by atoms with Gasteiger partial charge in [0.2, 0.25) is 0 Å². The summed E-state index contributed by atoms with van der Waals surface area (Å²) in [5.41, 5.74) is 0. The fourth-order valence-electron chi connectivity index (χ4n) is 2.48. The molecule has 0 saturated carbocycles. The maximum atomic E-state index is 11.8. The van der Waals surface area contributed by atoms with Gasteiger partial charge in [0.25, 0.3) is 0 Å². The van der Waals surface area contributed by atoms with Crippen LogP contribution in [0.1, 0.15) is 104 Å². The van der Waals surface area contributed by atoms with Gasteiger partial charge in [-0.2, -0.15) is 0 Å². The molecule has 0 aromatic rings. The lowest BCUT2D eigenvalue weighted by atomic mass is 10.1. The van der Waals surface area contributed by atoms with Crippen LogP contribution >= 0.6 is 0 Å². The highest BCUT2D eigenvalue weighted by atomic mass is 16.6. The van der Waals surface area contributed by atoms with Gasteiger partial charge in [0.05, 0.1) is 0 Å². The second-order valence-electron chi connectivity index (χ2n) is 6.53. The molecule has 1 atom stereocenters. The van der Waals surface area contributed by atoms with Crippen molar-refractivity contribution in [3.63, 3.8) is 0 Å². The summed E-state index contributed by atoms with van der Waals surface area (Å²) in [5.74, 6) is -0.352. The molecule has 0 aliphatic rings. The van der Waals surface area contributed by atoms with Crippen LogP contribution in [0.15, 0.2) is 0 Å². The summed E-state index contributed by atoms with van der Waals surface area (Å²) in [6.07, 6.45) is 12.4. The minimum absolute atomic E-state index is 0.172. The van der Waals surface area contributed by atoms with Gasteiger partial charge in [0.1, 0.15) is 12.7 Å². The third-order valence-electron chi connectivity index (χ3n) is 4.15. The molecule has 0 saturated heterocycles. The average Bonchev–Trinajstić information content (AvgIpc) is 2.58. The number of unbranched alkanes of at least 4 members (excludes halogenated alkanes) is 8. The molecule has 0 amide bonds. The fraction of sp³-hybridized carbons (Fsp3) is 0.900. The van der Waals surface area contributed by atoms with E-state index < -0.39 is 0 Å². The van der Waals surface area contributed by atoms with E-state index in [9.17, 15) is 9.59 Å². The Morgan fingerprint density at radius 2 is 1.21 bits per heavy atom. The Hall–Kier alpha value is -1.06. The lowest BCUT2D eigenvalue weighted by molar-refractivity contribution is -0.159. The van der Waals surface area contributed by atoms with E-state index >= 15 is 0 Å². The molecule has 4 heteroatoms. The molecule has 0 aliphatic carbocycles. The van der Waals surface area contributed by atoms with Gasteiger partial charge in [0.15, 0.2) is 0 Å². The number of esters is 2. The van der Waals surface area contributed by atoms with E-state index in [0.29, 0.717) is 19.3 Å². The van der Waals surface area contributed by atoms with Crippen molar-refractivity contribution in [3.05, 3.63) is 0 Å². The molecular weight excluding hydrogens is 304 g/mol. The van der Waals surface area contributed by atoms with Gasteiger partial charge in [-0.05, 0) is 19.3 Å². The number of hydrogen-bond acceptors (Lipinski definition) is 4. The van der Waals surface area contributed by atoms with E-state index in [1.54, 1.807) is 0 Å². The van der Waals surface area contributed by atoms with Crippen molar-refractivity contribution >= 4 is 11.9 Å². The van der Waals surface area contributed by atoms with Crippen molar-refractivity contribution in [2.24, 2.45) is 0 Å². The van der Waals surface area contributed by atoms with Gasteiger partial charge in [-0.25, -0.2) is 0 Å². The summed E-state index contributed by atoms with van der Waals surface area (Å²) < 4.78 is 10.6. The van der Waals surface area contributed by atoms with Crippen LogP contribution in [0, 0.1) is 0 Å². The van der Waals surface area contributed by atoms with Crippen molar-refractivity contribution in [3.8, 4) is 0 Å². The summed E-state index contributed by atoms with van der Waals surface area (Å²) in [5, 5.41) is 0. The second-order valence-corrected chi connectivity index (χ2v) is 6.53. The number of hydrogen-bond donors (Lipinski definition) is 0. The zero-order valence-electron chi connectivity index (χ0n) is 16.1. The molecule has 0 bridgehead atoms. The standard InChI is InChI=1S/C20H38O4/c1-4-7-9-11-13-15-19(21)23-17-18(6-3)24-20(22)16-14-12-10-8-5-2/h18H,4-17H2,1-3H3. The molecule has 24 heavy (non-hydrogen) atoms. The molecule has 4 nitrogen and oxygen atoms in total. The smallest absolute Gasteiger partial charge is 0.306 e. The second kappa shape index (κ2) is 16.8. The summed E-state index contributed by atoms with van der Waals surface area (Å²) >= 11 is 0. The molecule has 0 N–H and O–H groups in total. The number of rotatable bonds is 16. The van der Waals surface area contributed by atoms with Crippen molar-refractivity contribution in [1.29, 1.82) is 0 Å². The molecular formula is C20H38O4. The monoisotopic (exact) mass is 342 g/mol. The maximum absolute atomic E-state index is 11.8. The Balaban J connectivity index is 3.73. The zero-order valence-corrected chi connectivity index (χ0v) is 16.1. The summed E-state index contributed by atoms with van der Waals surface area (Å²) in [7, 11) is 0. The largest absolute Gasteiger partial charge is 0.462 e. The summed E-state index contributed by atoms with van der Waals surface area (Å²) in [4.78, 5) is 23.5. The predicted octanol–water partition coefficient (Wildman–Crippen LogP) is 5.57. The SMILES string of the molecule is CCCCCCCC(=O)OCC(CC)OC(=O)CCCCCCC. The molecule has 0 aromatic heterocycles. The Morgan fingerprint density at radius 3 is 1.71 bits per heavy atom. The Bertz CT molecular complexity index is 315. The first kappa shape index (κ1) is 22.9. The van der Waals surface area contributed by atoms with Gasteiger partial charge in [-0.1, -0.05) is 72.1 Å². The van der Waals surface area contributed by atoms with Crippen LogP contribution in [0.5, 0.6) is 0 Å². The van der Waals surface area contributed by atoms with Crippen LogP contribution in [-0.4, -0.2) is 24.6 Å². The van der Waals surface area contributed by atoms with Gasteiger partial charge < -0.3 is 9.47 Å². The van der Waals surface area contributed by atoms with E-state index in [1.165, 1.54) is 38.5 Å². The van der Waals surface area contributed by atoms with Crippen LogP contribution in [-0.2, 0) is 19.1 Å². The molecule has 0 aromatic carbocycles. The molecule has 0 heterocycles. The highest BCUT2D eigenvalue weighted by Gasteiger charge is 2.15. The van der Waals surface area contributed by atoms with Crippen LogP contribution in [0.25, 0.3) is 0 Å². The third kappa shape index (κ3) is 14.5. The first-order valence-electron chi connectivity index (χ1n) is 9.99. The van der Waals surface area contributed by atoms with Crippen LogP contribution in [0.4, 0.5) is 0 Å². The fourth-order valence-corrected chi connectivity index (χ4v) is 2.48. The lowest BCUT2D eigenvalue weighted by Gasteiger charge is -2.16. The summed E-state index contributed by atoms with van der Waals surface area (Å²) in [6, 6.07) is 0. The van der Waals surface area contributed by atoms with Crippen molar-refractivity contribution < 1.29 is 19.1 Å². The highest BCUT2D eigenvalue weighted by molar-refractivity contribution is 5.70. The van der Waals surface area contributed by atoms with Gasteiger partial charge >= 0.3 is 11.9 Å². The molecule has 1 unspecified atom stereocenters. The normalized spacial score (nSPS) is 12.0. The van der Waals surface area contributed by atoms with Gasteiger partial charge in [-0.15, -0.1) is 0 Å². The predicted molar refractivity (Wildman–Crippen MR) is 97.9 cm³/mol. The molecule has 0 spiro atoms. The van der Waals surface area contributed by atoms with Gasteiger partial charge in [0, 0.05) is 12.8 Å². The number of carbonyl (C=O) groups excluding carboxylic acids is 2. The first-order chi connectivity index (χ1) is 11.6. The van der Waals surface area contributed by atoms with E-state index in [2.05, 4.69) is 13.8 Å². The third-order valence-corrected chi connectivity index (χ3v) is 4.15. The minimum Gasteiger partial charge on any atom is -0.462 e. The number of carbonyl (C=O) groups is 2. The Kier molecular flexibility index (Phi) is 16.0. The molecule has 0 radical (unpaired) electrons. The molecule has 0 rings (SSSR count). The average molecular weight is 343 g/mol. The molecule has 0 fully saturated rings. The zero-order chi connectivity index (χ0) is 18.0. The Morgan fingerprint density at radius 1 is 0.708 bits per heavy atom. The van der Waals surface area contributed by atoms with E-state index in [4.69, 9.17) is 9.47 Å². The van der Waals surface area contributed by atoms with Crippen LogP contribution < -0.4 is 0 Å². The van der Waals surface area contributed by atoms with Gasteiger partial charge in [-0.3, -0.25) is 9.59 Å². The Labute approximate surface area is 148 Å². The van der Waals surface area contributed by atoms with Crippen LogP contribution in [0.2, 0.25) is 0 Å².